The predicted octanol–water partition coefficient (Wildman–Crippen LogP) is 1.74. The average Bonchev–Trinajstić information content (AvgIpc) is 3.21. The third-order valence-electron chi connectivity index (χ3n) is 4.38. The van der Waals surface area contributed by atoms with Gasteiger partial charge in [-0.2, -0.15) is 5.10 Å². The Kier molecular flexibility index (Phi) is 4.24. The molecule has 7 nitrogen and oxygen atoms in total. The number of hydrogen-bond acceptors (Lipinski definition) is 4. The summed E-state index contributed by atoms with van der Waals surface area (Å²) in [6.45, 7) is 2.51. The molecule has 0 aliphatic carbocycles. The van der Waals surface area contributed by atoms with Gasteiger partial charge in [-0.1, -0.05) is 12.1 Å². The minimum Gasteiger partial charge on any atom is -0.494 e. The summed E-state index contributed by atoms with van der Waals surface area (Å²) in [6, 6.07) is 7.43. The SMILES string of the molecule is COc1ccccc1-n1ncc(C(=O)N2CCC(C(=O)O)C2)c1C. The van der Waals surface area contributed by atoms with E-state index < -0.39 is 11.9 Å². The van der Waals surface area contributed by atoms with E-state index in [-0.39, 0.29) is 12.5 Å². The highest BCUT2D eigenvalue weighted by atomic mass is 16.5. The van der Waals surface area contributed by atoms with Crippen LogP contribution in [0.4, 0.5) is 0 Å². The van der Waals surface area contributed by atoms with Gasteiger partial charge in [0.25, 0.3) is 5.91 Å². The highest BCUT2D eigenvalue weighted by Gasteiger charge is 2.32. The Labute approximate surface area is 139 Å². The molecule has 1 aromatic carbocycles. The number of amides is 1. The van der Waals surface area contributed by atoms with Crippen molar-refractivity contribution < 1.29 is 19.4 Å². The van der Waals surface area contributed by atoms with E-state index in [4.69, 9.17) is 9.84 Å². The molecule has 3 rings (SSSR count). The average molecular weight is 329 g/mol. The van der Waals surface area contributed by atoms with Crippen molar-refractivity contribution in [2.45, 2.75) is 13.3 Å². The van der Waals surface area contributed by atoms with Gasteiger partial charge in [0.1, 0.15) is 11.4 Å². The quantitative estimate of drug-likeness (QED) is 0.923. The van der Waals surface area contributed by atoms with Gasteiger partial charge < -0.3 is 14.7 Å². The fourth-order valence-corrected chi connectivity index (χ4v) is 2.98. The second-order valence-corrected chi connectivity index (χ2v) is 5.80. The smallest absolute Gasteiger partial charge is 0.308 e. The molecule has 24 heavy (non-hydrogen) atoms. The number of aromatic nitrogens is 2. The van der Waals surface area contributed by atoms with E-state index in [0.29, 0.717) is 30.0 Å². The second kappa shape index (κ2) is 6.35. The third-order valence-corrected chi connectivity index (χ3v) is 4.38. The molecule has 2 heterocycles. The molecular weight excluding hydrogens is 310 g/mol. The molecule has 126 valence electrons. The van der Waals surface area contributed by atoms with E-state index in [1.165, 1.54) is 6.20 Å². The van der Waals surface area contributed by atoms with Crippen molar-refractivity contribution in [1.29, 1.82) is 0 Å². The summed E-state index contributed by atoms with van der Waals surface area (Å²) in [5, 5.41) is 13.4. The zero-order valence-corrected chi connectivity index (χ0v) is 13.6. The molecule has 2 aromatic rings. The van der Waals surface area contributed by atoms with Crippen LogP contribution in [0.3, 0.4) is 0 Å². The van der Waals surface area contributed by atoms with Gasteiger partial charge in [-0.05, 0) is 25.5 Å². The number of carbonyl (C=O) groups excluding carboxylic acids is 1. The topological polar surface area (TPSA) is 84.7 Å². The van der Waals surface area contributed by atoms with E-state index in [1.54, 1.807) is 16.7 Å². The van der Waals surface area contributed by atoms with Gasteiger partial charge >= 0.3 is 5.97 Å². The Morgan fingerprint density at radius 2 is 2.08 bits per heavy atom. The molecule has 0 saturated carbocycles. The fraction of sp³-hybridized carbons (Fsp3) is 0.353. The first-order valence-corrected chi connectivity index (χ1v) is 7.73. The molecule has 1 aliphatic rings. The molecule has 1 amide bonds. The largest absolute Gasteiger partial charge is 0.494 e. The molecule has 1 aliphatic heterocycles. The number of carboxylic acid groups (broad SMARTS) is 1. The van der Waals surface area contributed by atoms with Crippen molar-refractivity contribution in [2.75, 3.05) is 20.2 Å². The Bertz CT molecular complexity index is 784. The number of nitrogens with zero attached hydrogens (tertiary/aromatic N) is 3. The van der Waals surface area contributed by atoms with Gasteiger partial charge in [0.05, 0.1) is 30.5 Å². The highest BCUT2D eigenvalue weighted by molar-refractivity contribution is 5.95. The maximum atomic E-state index is 12.7. The molecule has 0 spiro atoms. The zero-order chi connectivity index (χ0) is 17.3. The van der Waals surface area contributed by atoms with Crippen LogP contribution >= 0.6 is 0 Å². The number of hydrogen-bond donors (Lipinski definition) is 1. The summed E-state index contributed by atoms with van der Waals surface area (Å²) in [5.41, 5.74) is 1.93. The Balaban J connectivity index is 1.88. The minimum atomic E-state index is -0.855. The van der Waals surface area contributed by atoms with Crippen molar-refractivity contribution in [3.63, 3.8) is 0 Å². The van der Waals surface area contributed by atoms with E-state index in [0.717, 1.165) is 5.69 Å². The Hall–Kier alpha value is -2.83. The van der Waals surface area contributed by atoms with Crippen LogP contribution < -0.4 is 4.74 Å². The molecule has 1 aromatic heterocycles. The number of methoxy groups -OCH3 is 1. The number of para-hydroxylation sites is 2. The molecule has 7 heteroatoms. The molecule has 1 fully saturated rings. The third kappa shape index (κ3) is 2.73. The number of likely N-dealkylation sites (tertiary alicyclic amines) is 1. The molecule has 1 N–H and O–H groups in total. The molecule has 0 radical (unpaired) electrons. The maximum Gasteiger partial charge on any atom is 0.308 e. The van der Waals surface area contributed by atoms with Crippen molar-refractivity contribution in [1.82, 2.24) is 14.7 Å². The van der Waals surface area contributed by atoms with Crippen LogP contribution in [-0.4, -0.2) is 51.9 Å². The van der Waals surface area contributed by atoms with Gasteiger partial charge in [-0.25, -0.2) is 4.68 Å². The number of aliphatic carboxylic acids is 1. The summed E-state index contributed by atoms with van der Waals surface area (Å²) in [6.07, 6.45) is 2.01. The lowest BCUT2D eigenvalue weighted by atomic mass is 10.1. The van der Waals surface area contributed by atoms with Gasteiger partial charge in [0, 0.05) is 13.1 Å². The van der Waals surface area contributed by atoms with E-state index in [9.17, 15) is 9.59 Å². The predicted molar refractivity (Wildman–Crippen MR) is 86.5 cm³/mol. The number of benzene rings is 1. The van der Waals surface area contributed by atoms with Gasteiger partial charge in [0.15, 0.2) is 0 Å². The zero-order valence-electron chi connectivity index (χ0n) is 13.6. The first-order valence-electron chi connectivity index (χ1n) is 7.73. The molecular formula is C17H19N3O4. The van der Waals surface area contributed by atoms with E-state index in [2.05, 4.69) is 5.10 Å². The van der Waals surface area contributed by atoms with Crippen LogP contribution in [0, 0.1) is 12.8 Å². The lowest BCUT2D eigenvalue weighted by Gasteiger charge is -2.15. The lowest BCUT2D eigenvalue weighted by Crippen LogP contribution is -2.30. The first-order chi connectivity index (χ1) is 11.5. The van der Waals surface area contributed by atoms with Crippen molar-refractivity contribution >= 4 is 11.9 Å². The normalized spacial score (nSPS) is 17.1. The van der Waals surface area contributed by atoms with Crippen LogP contribution in [0.5, 0.6) is 5.75 Å². The summed E-state index contributed by atoms with van der Waals surface area (Å²) in [4.78, 5) is 25.3. The van der Waals surface area contributed by atoms with Crippen LogP contribution in [0.2, 0.25) is 0 Å². The van der Waals surface area contributed by atoms with Gasteiger partial charge in [0.2, 0.25) is 0 Å². The molecule has 1 saturated heterocycles. The van der Waals surface area contributed by atoms with Gasteiger partial charge in [-0.3, -0.25) is 9.59 Å². The van der Waals surface area contributed by atoms with Crippen LogP contribution in [-0.2, 0) is 4.79 Å². The van der Waals surface area contributed by atoms with Crippen molar-refractivity contribution in [2.24, 2.45) is 5.92 Å². The molecule has 0 bridgehead atoms. The van der Waals surface area contributed by atoms with Gasteiger partial charge in [-0.15, -0.1) is 0 Å². The van der Waals surface area contributed by atoms with Crippen LogP contribution in [0.15, 0.2) is 30.5 Å². The standard InChI is InChI=1S/C17H19N3O4/c1-11-13(16(21)19-8-7-12(10-19)17(22)23)9-18-20(11)14-5-3-4-6-15(14)24-2/h3-6,9,12H,7-8,10H2,1-2H3,(H,22,23). The molecule has 1 atom stereocenters. The summed E-state index contributed by atoms with van der Waals surface area (Å²) >= 11 is 0. The van der Waals surface area contributed by atoms with Crippen molar-refractivity contribution in [3.05, 3.63) is 41.7 Å². The lowest BCUT2D eigenvalue weighted by molar-refractivity contribution is -0.141. The Morgan fingerprint density at radius 3 is 2.75 bits per heavy atom. The fourth-order valence-electron chi connectivity index (χ4n) is 2.98. The number of rotatable bonds is 4. The number of ether oxygens (including phenoxy) is 1. The Morgan fingerprint density at radius 1 is 1.33 bits per heavy atom. The first kappa shape index (κ1) is 16.0. The van der Waals surface area contributed by atoms with Crippen molar-refractivity contribution in [3.8, 4) is 11.4 Å². The number of carboxylic acids is 1. The summed E-state index contributed by atoms with van der Waals surface area (Å²) in [7, 11) is 1.58. The second-order valence-electron chi connectivity index (χ2n) is 5.80. The summed E-state index contributed by atoms with van der Waals surface area (Å²) < 4.78 is 7.01. The van der Waals surface area contributed by atoms with E-state index in [1.807, 2.05) is 31.2 Å². The highest BCUT2D eigenvalue weighted by Crippen LogP contribution is 2.25. The van der Waals surface area contributed by atoms with Crippen LogP contribution in [0.1, 0.15) is 22.5 Å². The van der Waals surface area contributed by atoms with E-state index >= 15 is 0 Å². The monoisotopic (exact) mass is 329 g/mol. The molecule has 1 unspecified atom stereocenters. The maximum absolute atomic E-state index is 12.7. The number of carbonyl (C=O) groups is 2. The van der Waals surface area contributed by atoms with Crippen LogP contribution in [0.25, 0.3) is 5.69 Å². The summed E-state index contributed by atoms with van der Waals surface area (Å²) in [5.74, 6) is -0.863. The minimum absolute atomic E-state index is 0.183.